The Morgan fingerprint density at radius 3 is 2.30 bits per heavy atom. The average molecular weight is 199 g/mol. The quantitative estimate of drug-likeness (QED) is 0.614. The van der Waals surface area contributed by atoms with Gasteiger partial charge in [-0.25, -0.2) is 4.57 Å². The molecule has 0 amide bonds. The van der Waals surface area contributed by atoms with E-state index in [0.717, 1.165) is 11.5 Å². The number of nitrogens with zero attached hydrogens (tertiary/aromatic N) is 1. The maximum atomic E-state index is 10.3. The first-order valence-electron chi connectivity index (χ1n) is 2.49. The molecule has 0 aromatic heterocycles. The zero-order valence-electron chi connectivity index (χ0n) is 4.93. The molecule has 1 fully saturated rings. The Kier molecular flexibility index (Phi) is 2.82. The zero-order chi connectivity index (χ0) is 7.61. The molecule has 58 valence electrons. The Morgan fingerprint density at radius 1 is 1.40 bits per heavy atom. The molecule has 0 saturated carbocycles. The largest absolute Gasteiger partial charge is 0.450 e. The van der Waals surface area contributed by atoms with E-state index in [1.807, 2.05) is 0 Å². The van der Waals surface area contributed by atoms with Gasteiger partial charge in [0, 0.05) is 11.5 Å². The summed E-state index contributed by atoms with van der Waals surface area (Å²) in [6, 6.07) is 0. The Bertz CT molecular complexity index is 192. The molecule has 0 spiro atoms. The Balaban J connectivity index is 2.62. The highest BCUT2D eigenvalue weighted by atomic mass is 32.2. The van der Waals surface area contributed by atoms with Gasteiger partial charge >= 0.3 is 7.75 Å². The summed E-state index contributed by atoms with van der Waals surface area (Å²) in [7, 11) is -4.17. The molecule has 4 nitrogen and oxygen atoms in total. The van der Waals surface area contributed by atoms with E-state index in [0.29, 0.717) is 4.38 Å². The fourth-order valence-corrected chi connectivity index (χ4v) is 3.63. The molecule has 0 aliphatic carbocycles. The molecule has 0 bridgehead atoms. The van der Waals surface area contributed by atoms with Crippen LogP contribution in [0.5, 0.6) is 0 Å². The summed E-state index contributed by atoms with van der Waals surface area (Å²) in [6.45, 7) is 0. The predicted octanol–water partition coefficient (Wildman–Crippen LogP) is 0.915. The summed E-state index contributed by atoms with van der Waals surface area (Å²) < 4.78 is 14.0. The highest BCUT2D eigenvalue weighted by molar-refractivity contribution is 8.41. The highest BCUT2D eigenvalue weighted by Crippen LogP contribution is 2.41. The third-order valence-corrected chi connectivity index (χ3v) is 3.94. The lowest BCUT2D eigenvalue weighted by Gasteiger charge is -1.95. The van der Waals surface area contributed by atoms with E-state index >= 15 is 0 Å². The van der Waals surface area contributed by atoms with Gasteiger partial charge in [0.2, 0.25) is 0 Å². The van der Waals surface area contributed by atoms with Crippen LogP contribution in [0, 0.1) is 0 Å². The second-order valence-electron chi connectivity index (χ2n) is 1.58. The summed E-state index contributed by atoms with van der Waals surface area (Å²) in [5, 5.41) is 0. The van der Waals surface area contributed by atoms with E-state index in [9.17, 15) is 4.57 Å². The molecular formula is C3H6NO3PS2. The van der Waals surface area contributed by atoms with Crippen LogP contribution in [0.4, 0.5) is 0 Å². The van der Waals surface area contributed by atoms with Crippen LogP contribution in [0.25, 0.3) is 0 Å². The first kappa shape index (κ1) is 8.62. The van der Waals surface area contributed by atoms with E-state index in [2.05, 4.69) is 4.76 Å². The number of hydrogen-bond acceptors (Lipinski definition) is 3. The van der Waals surface area contributed by atoms with Crippen LogP contribution in [0.2, 0.25) is 0 Å². The lowest BCUT2D eigenvalue weighted by molar-refractivity contribution is 0.375. The molecule has 10 heavy (non-hydrogen) atoms. The smallest absolute Gasteiger partial charge is 0.307 e. The Morgan fingerprint density at radius 2 is 1.90 bits per heavy atom. The van der Waals surface area contributed by atoms with Crippen LogP contribution in [0.15, 0.2) is 4.76 Å². The van der Waals surface area contributed by atoms with Crippen molar-refractivity contribution in [2.45, 2.75) is 0 Å². The second kappa shape index (κ2) is 3.28. The molecule has 0 aromatic rings. The minimum absolute atomic E-state index is 0.508. The molecule has 1 rings (SSSR count). The summed E-state index contributed by atoms with van der Waals surface area (Å²) >= 11 is 2.78. The van der Waals surface area contributed by atoms with Gasteiger partial charge in [-0.2, -0.15) is 4.76 Å². The van der Waals surface area contributed by atoms with Crippen molar-refractivity contribution in [1.29, 1.82) is 0 Å². The first-order valence-corrected chi connectivity index (χ1v) is 6.03. The van der Waals surface area contributed by atoms with Gasteiger partial charge in [-0.1, -0.05) is 23.5 Å². The molecule has 7 heteroatoms. The van der Waals surface area contributed by atoms with Gasteiger partial charge in [0.1, 0.15) is 4.38 Å². The van der Waals surface area contributed by atoms with Crippen molar-refractivity contribution in [3.63, 3.8) is 0 Å². The molecule has 0 atom stereocenters. The van der Waals surface area contributed by atoms with Crippen molar-refractivity contribution in [2.75, 3.05) is 11.5 Å². The van der Waals surface area contributed by atoms with Gasteiger partial charge in [0.15, 0.2) is 0 Å². The van der Waals surface area contributed by atoms with Crippen LogP contribution in [-0.4, -0.2) is 25.7 Å². The molecule has 0 unspecified atom stereocenters. The third kappa shape index (κ3) is 3.07. The fraction of sp³-hybridized carbons (Fsp3) is 0.667. The standard InChI is InChI=1S/C3H6NO3PS2/c5-8(6,7)4-3-9-1-2-10-3/h1-2H2,(H2,5,6,7). The van der Waals surface area contributed by atoms with Crippen LogP contribution >= 0.6 is 31.3 Å². The summed E-state index contributed by atoms with van der Waals surface area (Å²) in [5.74, 6) is 1.78. The molecule has 1 aliphatic rings. The maximum absolute atomic E-state index is 10.3. The SMILES string of the molecule is O=P(O)(O)N=C1SCCS1. The molecular weight excluding hydrogens is 193 g/mol. The summed E-state index contributed by atoms with van der Waals surface area (Å²) in [5.41, 5.74) is 0. The van der Waals surface area contributed by atoms with Crippen LogP contribution in [0.1, 0.15) is 0 Å². The van der Waals surface area contributed by atoms with Crippen molar-refractivity contribution in [3.05, 3.63) is 0 Å². The lowest BCUT2D eigenvalue weighted by Crippen LogP contribution is -1.78. The van der Waals surface area contributed by atoms with Crippen LogP contribution in [-0.2, 0) is 4.57 Å². The molecule has 1 aliphatic heterocycles. The topological polar surface area (TPSA) is 69.9 Å². The predicted molar refractivity (Wildman–Crippen MR) is 44.4 cm³/mol. The van der Waals surface area contributed by atoms with Crippen molar-refractivity contribution in [2.24, 2.45) is 4.76 Å². The van der Waals surface area contributed by atoms with Crippen molar-refractivity contribution in [3.8, 4) is 0 Å². The molecule has 2 N–H and O–H groups in total. The van der Waals surface area contributed by atoms with E-state index in [1.54, 1.807) is 0 Å². The van der Waals surface area contributed by atoms with Gasteiger partial charge in [-0.3, -0.25) is 0 Å². The van der Waals surface area contributed by atoms with Crippen molar-refractivity contribution in [1.82, 2.24) is 0 Å². The average Bonchev–Trinajstić information content (AvgIpc) is 2.12. The molecule has 1 heterocycles. The first-order chi connectivity index (χ1) is 4.58. The van der Waals surface area contributed by atoms with E-state index in [1.165, 1.54) is 23.5 Å². The van der Waals surface area contributed by atoms with Crippen molar-refractivity contribution >= 4 is 35.6 Å². The third-order valence-electron chi connectivity index (χ3n) is 0.746. The second-order valence-corrected chi connectivity index (χ2v) is 5.23. The minimum Gasteiger partial charge on any atom is -0.307 e. The number of thioether (sulfide) groups is 2. The molecule has 0 radical (unpaired) electrons. The monoisotopic (exact) mass is 199 g/mol. The number of rotatable bonds is 1. The number of hydrogen-bond donors (Lipinski definition) is 2. The lowest BCUT2D eigenvalue weighted by atomic mass is 11.0. The summed E-state index contributed by atoms with van der Waals surface area (Å²) in [4.78, 5) is 16.8. The maximum Gasteiger partial charge on any atom is 0.450 e. The van der Waals surface area contributed by atoms with Crippen LogP contribution in [0.3, 0.4) is 0 Å². The van der Waals surface area contributed by atoms with Gasteiger partial charge < -0.3 is 9.79 Å². The summed E-state index contributed by atoms with van der Waals surface area (Å²) in [6.07, 6.45) is 0. The van der Waals surface area contributed by atoms with Gasteiger partial charge in [0.25, 0.3) is 0 Å². The van der Waals surface area contributed by atoms with E-state index < -0.39 is 7.75 Å². The Hall–Kier alpha value is 0.520. The molecule has 1 saturated heterocycles. The van der Waals surface area contributed by atoms with E-state index in [-0.39, 0.29) is 0 Å². The van der Waals surface area contributed by atoms with E-state index in [4.69, 9.17) is 9.79 Å². The van der Waals surface area contributed by atoms with Crippen molar-refractivity contribution < 1.29 is 14.4 Å². The zero-order valence-corrected chi connectivity index (χ0v) is 7.46. The minimum atomic E-state index is -4.17. The molecule has 0 aromatic carbocycles. The fourth-order valence-electron chi connectivity index (χ4n) is 0.464. The van der Waals surface area contributed by atoms with Crippen LogP contribution < -0.4 is 0 Å². The van der Waals surface area contributed by atoms with Gasteiger partial charge in [0.05, 0.1) is 0 Å². The van der Waals surface area contributed by atoms with Gasteiger partial charge in [-0.15, -0.1) is 0 Å². The normalized spacial score (nSPS) is 19.6. The Labute approximate surface area is 66.7 Å². The van der Waals surface area contributed by atoms with Gasteiger partial charge in [-0.05, 0) is 0 Å². The highest BCUT2D eigenvalue weighted by Gasteiger charge is 2.16.